The van der Waals surface area contributed by atoms with Gasteiger partial charge in [0.1, 0.15) is 77.6 Å². The first-order valence-corrected chi connectivity index (χ1v) is 39.5. The summed E-state index contributed by atoms with van der Waals surface area (Å²) in [4.78, 5) is 124. The lowest BCUT2D eigenvalue weighted by atomic mass is 9.97. The number of hydrogen-bond acceptors (Lipinski definition) is 33. The number of carbonyl (C=O) groups excluding carboxylic acids is 4. The van der Waals surface area contributed by atoms with Crippen LogP contribution < -0.4 is 71.0 Å². The van der Waals surface area contributed by atoms with Crippen LogP contribution in [-0.2, 0) is 26.2 Å². The monoisotopic (exact) mass is 1750 g/mol. The maximum Gasteiger partial charge on any atom is 0.223 e. The molecule has 0 spiro atoms. The number of carbonyl (C=O) groups is 4. The fourth-order valence-corrected chi connectivity index (χ4v) is 15.2. The molecule has 33 nitrogen and oxygen atoms in total. The number of rotatable bonds is 18. The van der Waals surface area contributed by atoms with Crippen LogP contribution in [0.2, 0.25) is 20.6 Å². The normalized spacial score (nSPS) is 14.6. The van der Waals surface area contributed by atoms with Gasteiger partial charge in [0.05, 0.1) is 110 Å². The first-order valence-electron chi connectivity index (χ1n) is 38.0. The number of aryl methyl sites for hydroxylation is 2. The average molecular weight is 1750 g/mol. The minimum absolute atomic E-state index is 0.00249. The van der Waals surface area contributed by atoms with E-state index in [1.54, 1.807) is 129 Å². The summed E-state index contributed by atoms with van der Waals surface area (Å²) in [6.45, 7) is 10.5. The van der Waals surface area contributed by atoms with Crippen molar-refractivity contribution >= 4 is 141 Å². The van der Waals surface area contributed by atoms with E-state index in [1.165, 1.54) is 0 Å². The maximum absolute atomic E-state index is 13.2. The number of nitrogens with two attached hydrogens (primary N) is 4. The smallest absolute Gasteiger partial charge is 0.223 e. The van der Waals surface area contributed by atoms with E-state index in [2.05, 4.69) is 74.8 Å². The first kappa shape index (κ1) is 87.4. The SMILES string of the molecule is COc1c(C)cnc(CN2C/C(=C\c3ccccn3)C(=O)c3c(Cl)nc(N)nc32)c1C.COc1c(C)cnc(CN2C/C(=C\c3cccnc3)C(=O)c3c(Cl)nc(N)nc32)c1C.COc1cnc(CN2C/C(=C\c3ccccc3)C(=O)c3c(Cl)nc(N)nc32)cc1OC.COc1cnc(CN2C/C(=C\c3ccncc3)C(=O)c3c(Cl)nc(N)nc32)cc1OC. The minimum Gasteiger partial charge on any atom is -0.496 e. The Kier molecular flexibility index (Phi) is 27.5. The van der Waals surface area contributed by atoms with Crippen LogP contribution in [0.4, 0.5) is 47.1 Å². The highest BCUT2D eigenvalue weighted by Gasteiger charge is 2.38. The van der Waals surface area contributed by atoms with Crippen molar-refractivity contribution in [3.8, 4) is 34.5 Å². The highest BCUT2D eigenvalue weighted by Crippen LogP contribution is 2.41. The zero-order valence-electron chi connectivity index (χ0n) is 68.6. The summed E-state index contributed by atoms with van der Waals surface area (Å²) >= 11 is 25.3. The van der Waals surface area contributed by atoms with Crippen molar-refractivity contribution in [3.05, 3.63) is 273 Å². The molecule has 8 N–H and O–H groups in total. The molecule has 124 heavy (non-hydrogen) atoms. The number of methoxy groups -OCH3 is 6. The number of fused-ring (bicyclic) bond motifs is 4. The Labute approximate surface area is 731 Å². The zero-order chi connectivity index (χ0) is 88.2. The number of ketones is 4. The number of hydrogen-bond donors (Lipinski definition) is 4. The van der Waals surface area contributed by atoms with Gasteiger partial charge in [-0.2, -0.15) is 19.9 Å². The third-order valence-electron chi connectivity index (χ3n) is 19.9. The van der Waals surface area contributed by atoms with Gasteiger partial charge in [-0.1, -0.05) is 88.9 Å². The summed E-state index contributed by atoms with van der Waals surface area (Å²) in [7, 11) is 9.48. The molecule has 0 bridgehead atoms. The Morgan fingerprint density at radius 2 is 0.718 bits per heavy atom. The van der Waals surface area contributed by atoms with E-state index in [0.717, 1.165) is 61.8 Å². The van der Waals surface area contributed by atoms with Gasteiger partial charge in [-0.3, -0.25) is 54.1 Å². The van der Waals surface area contributed by atoms with Gasteiger partial charge in [0.25, 0.3) is 0 Å². The molecule has 0 radical (unpaired) electrons. The van der Waals surface area contributed by atoms with E-state index >= 15 is 0 Å². The molecule has 0 amide bonds. The number of anilines is 8. The molecule has 15 heterocycles. The summed E-state index contributed by atoms with van der Waals surface area (Å²) in [5, 5.41) is 0.0882. The van der Waals surface area contributed by atoms with Gasteiger partial charge < -0.3 is 71.0 Å². The molecule has 0 aliphatic carbocycles. The number of nitrogen functional groups attached to an aromatic ring is 4. The van der Waals surface area contributed by atoms with E-state index in [4.69, 9.17) is 97.8 Å². The van der Waals surface area contributed by atoms with Crippen molar-refractivity contribution in [3.63, 3.8) is 0 Å². The average Bonchev–Trinajstić information content (AvgIpc) is 0.776. The van der Waals surface area contributed by atoms with Crippen molar-refractivity contribution < 1.29 is 47.6 Å². The van der Waals surface area contributed by atoms with E-state index in [0.29, 0.717) is 131 Å². The molecule has 4 aliphatic heterocycles. The Balaban J connectivity index is 0.000000142. The van der Waals surface area contributed by atoms with Crippen LogP contribution in [-0.4, -0.2) is 167 Å². The van der Waals surface area contributed by atoms with E-state index < -0.39 is 0 Å². The molecule has 12 aromatic rings. The number of halogens is 4. The molecule has 0 fully saturated rings. The first-order chi connectivity index (χ1) is 59.8. The summed E-state index contributed by atoms with van der Waals surface area (Å²) in [5.41, 5.74) is 36.3. The van der Waals surface area contributed by atoms with Gasteiger partial charge in [-0.05, 0) is 99.0 Å². The summed E-state index contributed by atoms with van der Waals surface area (Å²) < 4.78 is 32.3. The third-order valence-corrected chi connectivity index (χ3v) is 21.0. The predicted molar refractivity (Wildman–Crippen MR) is 474 cm³/mol. The van der Waals surface area contributed by atoms with Crippen LogP contribution in [0.25, 0.3) is 24.3 Å². The lowest BCUT2D eigenvalue weighted by Crippen LogP contribution is -2.35. The van der Waals surface area contributed by atoms with Gasteiger partial charge in [0, 0.05) is 126 Å². The van der Waals surface area contributed by atoms with Crippen LogP contribution in [0.1, 0.15) is 109 Å². The molecule has 1 aromatic carbocycles. The van der Waals surface area contributed by atoms with Gasteiger partial charge in [0.2, 0.25) is 23.8 Å². The van der Waals surface area contributed by atoms with Gasteiger partial charge >= 0.3 is 0 Å². The molecule has 16 rings (SSSR count). The Bertz CT molecular complexity index is 5850. The van der Waals surface area contributed by atoms with Crippen LogP contribution in [0.5, 0.6) is 34.5 Å². The lowest BCUT2D eigenvalue weighted by Gasteiger charge is -2.31. The predicted octanol–water partition coefficient (Wildman–Crippen LogP) is 13.0. The highest BCUT2D eigenvalue weighted by molar-refractivity contribution is 6.37. The van der Waals surface area contributed by atoms with Crippen molar-refractivity contribution in [2.45, 2.75) is 53.9 Å². The maximum atomic E-state index is 13.2. The summed E-state index contributed by atoms with van der Waals surface area (Å²) in [6, 6.07) is 26.0. The lowest BCUT2D eigenvalue weighted by molar-refractivity contribution is 0.102. The van der Waals surface area contributed by atoms with Crippen molar-refractivity contribution in [1.29, 1.82) is 0 Å². The topological polar surface area (TPSA) is 434 Å². The van der Waals surface area contributed by atoms with Crippen molar-refractivity contribution in [2.24, 2.45) is 0 Å². The Hall–Kier alpha value is -14.4. The van der Waals surface area contributed by atoms with Crippen LogP contribution in [0, 0.1) is 27.7 Å². The molecule has 11 aromatic heterocycles. The van der Waals surface area contributed by atoms with E-state index in [1.807, 2.05) is 126 Å². The molecule has 0 saturated heterocycles. The van der Waals surface area contributed by atoms with E-state index in [-0.39, 0.29) is 96.3 Å². The summed E-state index contributed by atoms with van der Waals surface area (Å²) in [6.07, 6.45) is 22.3. The largest absolute Gasteiger partial charge is 0.496 e. The molecule has 0 saturated carbocycles. The fourth-order valence-electron chi connectivity index (χ4n) is 14.1. The zero-order valence-corrected chi connectivity index (χ0v) is 71.7. The van der Waals surface area contributed by atoms with Crippen LogP contribution in [0.3, 0.4) is 0 Å². The van der Waals surface area contributed by atoms with Crippen LogP contribution in [0.15, 0.2) is 163 Å². The van der Waals surface area contributed by atoms with Crippen LogP contribution >= 0.6 is 46.4 Å². The molecule has 632 valence electrons. The number of nitrogens with zero attached hydrogens (tertiary/aromatic N) is 19. The quantitative estimate of drug-likeness (QED) is 0.0458. The third kappa shape index (κ3) is 19.6. The summed E-state index contributed by atoms with van der Waals surface area (Å²) in [5.74, 6) is 4.31. The Morgan fingerprint density at radius 3 is 1.08 bits per heavy atom. The number of aromatic nitrogens is 15. The molecule has 4 aliphatic rings. The number of pyridine rings is 7. The second-order valence-corrected chi connectivity index (χ2v) is 29.5. The van der Waals surface area contributed by atoms with Gasteiger partial charge in [-0.25, -0.2) is 19.9 Å². The molecule has 0 atom stereocenters. The Morgan fingerprint density at radius 1 is 0.355 bits per heavy atom. The number of Topliss-reactive ketones (excluding diaryl/α,β-unsaturated/α-hetero) is 4. The molecule has 37 heteroatoms. The number of ether oxygens (including phenoxy) is 6. The van der Waals surface area contributed by atoms with Crippen molar-refractivity contribution in [1.82, 2.24) is 74.8 Å². The second-order valence-electron chi connectivity index (χ2n) is 28.1. The van der Waals surface area contributed by atoms with Gasteiger partial charge in [-0.15, -0.1) is 0 Å². The second kappa shape index (κ2) is 39.0. The van der Waals surface area contributed by atoms with E-state index in [9.17, 15) is 19.2 Å². The van der Waals surface area contributed by atoms with Crippen molar-refractivity contribution in [2.75, 3.05) is 111 Å². The minimum atomic E-state index is -0.243. The molecular formula is C87H81Cl4N23O10. The standard InChI is InChI=1S/2C22H21ClN6O2.C22H20ClN5O3.C21H19ClN6O3/c1-12-8-26-16(13(2)19(12)31-3)11-29-10-15(7-14-5-4-6-25-9-14)18(30)17-20(23)27-22(24)28-21(17)29;1-12-9-26-16(13(2)19(12)31-3)11-29-10-14(8-15-6-4-5-7-25-15)18(30)17-20(23)27-22(24)28-21(17)29;1-30-16-9-15(25-10-17(16)31-2)12-28-11-14(8-13-6-4-3-5-7-13)19(29)18-20(23)26-22(24)27-21(18)28;1-30-15-8-14(25-9-16(15)31-2)11-28-10-13(7-12-3-5-24-6-4-12)18(29)17-19(22)26-21(23)27-20(17)28/h2*4-9H,10-11H2,1-3H3,(H2,24,27,28);3-10H,11-12H2,1-2H3,(H2,24,26,27);3-9H,10-11H2,1-2H3,(H2,23,26,27)/b15-7+;2*14-8+;13-7+. The highest BCUT2D eigenvalue weighted by atomic mass is 35.5. The molecular weight excluding hydrogens is 1670 g/mol. The molecule has 0 unspecified atom stereocenters. The fraction of sp³-hybridized carbons (Fsp3) is 0.207. The number of benzene rings is 1. The van der Waals surface area contributed by atoms with Gasteiger partial charge in [0.15, 0.2) is 46.1 Å².